The number of ether oxygens (including phenoxy) is 1. The van der Waals surface area contributed by atoms with Gasteiger partial charge in [-0.15, -0.1) is 0 Å². The lowest BCUT2D eigenvalue weighted by Crippen LogP contribution is -2.56. The predicted octanol–water partition coefficient (Wildman–Crippen LogP) is 2.55. The SMILES string of the molecule is COc1cccc(CN2CCNC(=O)[C@H]2CC(=O)NCCCn2ccc3ccccc32)c1. The maximum absolute atomic E-state index is 12.6. The molecule has 1 atom stereocenters. The third-order valence-corrected chi connectivity index (χ3v) is 5.92. The standard InChI is InChI=1S/C25H30N4O3/c1-32-21-8-4-6-19(16-21)18-29-15-12-27-25(31)23(29)17-24(30)26-11-5-13-28-14-10-20-7-2-3-9-22(20)28/h2-4,6-10,14,16,23H,5,11-13,15,17-18H2,1H3,(H,26,30)(H,27,31)/t23-/m1/s1. The monoisotopic (exact) mass is 434 g/mol. The van der Waals surface area contributed by atoms with Gasteiger partial charge in [0.15, 0.2) is 0 Å². The number of nitrogens with zero attached hydrogens (tertiary/aromatic N) is 2. The van der Waals surface area contributed by atoms with E-state index in [-0.39, 0.29) is 18.2 Å². The third kappa shape index (κ3) is 5.29. The van der Waals surface area contributed by atoms with Crippen molar-refractivity contribution >= 4 is 22.7 Å². The number of rotatable bonds is 9. The molecule has 0 unspecified atom stereocenters. The van der Waals surface area contributed by atoms with Crippen LogP contribution >= 0.6 is 0 Å². The Hall–Kier alpha value is -3.32. The average Bonchev–Trinajstić information content (AvgIpc) is 3.22. The lowest BCUT2D eigenvalue weighted by molar-refractivity contribution is -0.134. The topological polar surface area (TPSA) is 75.6 Å². The Morgan fingerprint density at radius 2 is 2.06 bits per heavy atom. The Morgan fingerprint density at radius 1 is 1.19 bits per heavy atom. The van der Waals surface area contributed by atoms with E-state index in [1.54, 1.807) is 7.11 Å². The van der Waals surface area contributed by atoms with Crippen LogP contribution in [-0.2, 0) is 22.7 Å². The van der Waals surface area contributed by atoms with Crippen LogP contribution in [0.4, 0.5) is 0 Å². The zero-order valence-corrected chi connectivity index (χ0v) is 18.4. The van der Waals surface area contributed by atoms with Gasteiger partial charge >= 0.3 is 0 Å². The highest BCUT2D eigenvalue weighted by molar-refractivity contribution is 5.88. The number of methoxy groups -OCH3 is 1. The van der Waals surface area contributed by atoms with E-state index in [9.17, 15) is 9.59 Å². The molecule has 7 nitrogen and oxygen atoms in total. The molecule has 0 spiro atoms. The number of aryl methyl sites for hydroxylation is 1. The van der Waals surface area contributed by atoms with E-state index >= 15 is 0 Å². The van der Waals surface area contributed by atoms with E-state index in [1.807, 2.05) is 36.4 Å². The molecule has 2 heterocycles. The number of hydrogen-bond acceptors (Lipinski definition) is 4. The van der Waals surface area contributed by atoms with E-state index < -0.39 is 6.04 Å². The van der Waals surface area contributed by atoms with Crippen LogP contribution < -0.4 is 15.4 Å². The lowest BCUT2D eigenvalue weighted by Gasteiger charge is -2.34. The van der Waals surface area contributed by atoms with Crippen LogP contribution in [0, 0.1) is 0 Å². The molecular weight excluding hydrogens is 404 g/mol. The van der Waals surface area contributed by atoms with Crippen molar-refractivity contribution in [1.82, 2.24) is 20.1 Å². The zero-order chi connectivity index (χ0) is 22.3. The molecule has 2 amide bonds. The van der Waals surface area contributed by atoms with Crippen LogP contribution in [0.3, 0.4) is 0 Å². The van der Waals surface area contributed by atoms with E-state index in [1.165, 1.54) is 10.9 Å². The molecule has 1 fully saturated rings. The van der Waals surface area contributed by atoms with Gasteiger partial charge in [-0.2, -0.15) is 0 Å². The highest BCUT2D eigenvalue weighted by atomic mass is 16.5. The summed E-state index contributed by atoms with van der Waals surface area (Å²) in [6, 6.07) is 17.7. The first-order valence-electron chi connectivity index (χ1n) is 11.1. The van der Waals surface area contributed by atoms with Gasteiger partial charge in [-0.05, 0) is 41.6 Å². The quantitative estimate of drug-likeness (QED) is 0.508. The largest absolute Gasteiger partial charge is 0.497 e. The average molecular weight is 435 g/mol. The Kier molecular flexibility index (Phi) is 7.07. The fourth-order valence-electron chi connectivity index (χ4n) is 4.24. The molecule has 168 valence electrons. The number of carbonyl (C=O) groups excluding carboxylic acids is 2. The Bertz CT molecular complexity index is 1080. The van der Waals surface area contributed by atoms with Crippen molar-refractivity contribution in [3.05, 3.63) is 66.4 Å². The van der Waals surface area contributed by atoms with Crippen molar-refractivity contribution in [2.75, 3.05) is 26.7 Å². The van der Waals surface area contributed by atoms with Gasteiger partial charge in [0.1, 0.15) is 5.75 Å². The van der Waals surface area contributed by atoms with Crippen LogP contribution in [0.25, 0.3) is 10.9 Å². The predicted molar refractivity (Wildman–Crippen MR) is 124 cm³/mol. The van der Waals surface area contributed by atoms with E-state index in [0.29, 0.717) is 26.2 Å². The molecular formula is C25H30N4O3. The van der Waals surface area contributed by atoms with Crippen molar-refractivity contribution in [2.45, 2.75) is 32.0 Å². The molecule has 1 aromatic heterocycles. The molecule has 3 aromatic rings. The third-order valence-electron chi connectivity index (χ3n) is 5.92. The Balaban J connectivity index is 1.28. The zero-order valence-electron chi connectivity index (χ0n) is 18.4. The summed E-state index contributed by atoms with van der Waals surface area (Å²) in [5.74, 6) is 0.599. The molecule has 1 saturated heterocycles. The number of piperazine rings is 1. The van der Waals surface area contributed by atoms with Crippen LogP contribution in [0.2, 0.25) is 0 Å². The van der Waals surface area contributed by atoms with Crippen molar-refractivity contribution in [2.24, 2.45) is 0 Å². The summed E-state index contributed by atoms with van der Waals surface area (Å²) in [5, 5.41) is 7.09. The summed E-state index contributed by atoms with van der Waals surface area (Å²) in [4.78, 5) is 27.2. The van der Waals surface area contributed by atoms with Crippen molar-refractivity contribution < 1.29 is 14.3 Å². The van der Waals surface area contributed by atoms with E-state index in [4.69, 9.17) is 4.74 Å². The fraction of sp³-hybridized carbons (Fsp3) is 0.360. The van der Waals surface area contributed by atoms with Crippen LogP contribution in [0.1, 0.15) is 18.4 Å². The maximum Gasteiger partial charge on any atom is 0.237 e. The van der Waals surface area contributed by atoms with Crippen LogP contribution in [0.5, 0.6) is 5.75 Å². The van der Waals surface area contributed by atoms with Crippen molar-refractivity contribution in [3.8, 4) is 5.75 Å². The van der Waals surface area contributed by atoms with Gasteiger partial charge in [-0.1, -0.05) is 30.3 Å². The molecule has 4 rings (SSSR count). The first-order chi connectivity index (χ1) is 15.6. The maximum atomic E-state index is 12.6. The fourth-order valence-corrected chi connectivity index (χ4v) is 4.24. The number of aromatic nitrogens is 1. The molecule has 32 heavy (non-hydrogen) atoms. The van der Waals surface area contributed by atoms with E-state index in [2.05, 4.69) is 44.5 Å². The van der Waals surface area contributed by atoms with Crippen LogP contribution in [-0.4, -0.2) is 54.1 Å². The number of amides is 2. The smallest absolute Gasteiger partial charge is 0.237 e. The van der Waals surface area contributed by atoms with Gasteiger partial charge in [0.05, 0.1) is 19.6 Å². The number of nitrogens with one attached hydrogen (secondary N) is 2. The number of benzene rings is 2. The molecule has 2 aromatic carbocycles. The number of hydrogen-bond donors (Lipinski definition) is 2. The number of carbonyl (C=O) groups is 2. The summed E-state index contributed by atoms with van der Waals surface area (Å²) >= 11 is 0. The van der Waals surface area contributed by atoms with Crippen molar-refractivity contribution in [1.29, 1.82) is 0 Å². The van der Waals surface area contributed by atoms with Gasteiger partial charge < -0.3 is 19.9 Å². The summed E-state index contributed by atoms with van der Waals surface area (Å²) in [6.07, 6.45) is 3.06. The van der Waals surface area contributed by atoms with Gasteiger partial charge in [0, 0.05) is 44.4 Å². The number of para-hydroxylation sites is 1. The normalized spacial score (nSPS) is 16.7. The summed E-state index contributed by atoms with van der Waals surface area (Å²) in [6.45, 7) is 3.31. The molecule has 7 heteroatoms. The molecule has 1 aliphatic rings. The first kappa shape index (κ1) is 21.9. The Labute approximate surface area is 188 Å². The molecule has 0 aliphatic carbocycles. The van der Waals surface area contributed by atoms with Gasteiger partial charge in [0.25, 0.3) is 0 Å². The summed E-state index contributed by atoms with van der Waals surface area (Å²) in [5.41, 5.74) is 2.26. The van der Waals surface area contributed by atoms with Crippen molar-refractivity contribution in [3.63, 3.8) is 0 Å². The summed E-state index contributed by atoms with van der Waals surface area (Å²) in [7, 11) is 1.64. The molecule has 0 saturated carbocycles. The minimum atomic E-state index is -0.469. The summed E-state index contributed by atoms with van der Waals surface area (Å²) < 4.78 is 7.50. The molecule has 2 N–H and O–H groups in total. The minimum Gasteiger partial charge on any atom is -0.497 e. The highest BCUT2D eigenvalue weighted by Crippen LogP contribution is 2.18. The lowest BCUT2D eigenvalue weighted by atomic mass is 10.1. The molecule has 0 bridgehead atoms. The highest BCUT2D eigenvalue weighted by Gasteiger charge is 2.31. The first-order valence-corrected chi connectivity index (χ1v) is 11.1. The van der Waals surface area contributed by atoms with Gasteiger partial charge in [0.2, 0.25) is 11.8 Å². The minimum absolute atomic E-state index is 0.0897. The molecule has 1 aliphatic heterocycles. The second-order valence-corrected chi connectivity index (χ2v) is 8.10. The van der Waals surface area contributed by atoms with E-state index in [0.717, 1.165) is 24.3 Å². The Morgan fingerprint density at radius 3 is 2.94 bits per heavy atom. The van der Waals surface area contributed by atoms with Gasteiger partial charge in [-0.3, -0.25) is 14.5 Å². The number of fused-ring (bicyclic) bond motifs is 1. The second-order valence-electron chi connectivity index (χ2n) is 8.10. The second kappa shape index (κ2) is 10.3. The van der Waals surface area contributed by atoms with Gasteiger partial charge in [-0.25, -0.2) is 0 Å². The van der Waals surface area contributed by atoms with Crippen LogP contribution in [0.15, 0.2) is 60.8 Å². The molecule has 0 radical (unpaired) electrons.